The number of hydrogen-bond acceptors (Lipinski definition) is 4. The van der Waals surface area contributed by atoms with Crippen LogP contribution in [0.4, 0.5) is 4.79 Å². The minimum atomic E-state index is -0.268. The molecule has 2 amide bonds. The number of carbonyl (C=O) groups excluding carboxylic acids is 2. The molecular formula is C17H21BrN2O4. The third kappa shape index (κ3) is 3.66. The molecule has 0 spiro atoms. The number of nitrogens with zero attached hydrogens (tertiary/aromatic N) is 2. The summed E-state index contributed by atoms with van der Waals surface area (Å²) in [6.07, 6.45) is 1.25. The van der Waals surface area contributed by atoms with Gasteiger partial charge in [0.15, 0.2) is 6.61 Å². The third-order valence-corrected chi connectivity index (χ3v) is 4.96. The number of benzene rings is 1. The molecule has 0 aromatic heterocycles. The largest absolute Gasteiger partial charge is 0.483 e. The summed E-state index contributed by atoms with van der Waals surface area (Å²) in [4.78, 5) is 27.9. The number of piperidine rings is 1. The molecule has 0 radical (unpaired) electrons. The van der Waals surface area contributed by atoms with E-state index in [-0.39, 0.29) is 24.6 Å². The molecule has 2 aliphatic heterocycles. The molecule has 130 valence electrons. The lowest BCUT2D eigenvalue weighted by Crippen LogP contribution is -2.49. The lowest BCUT2D eigenvalue weighted by molar-refractivity contribution is -0.136. The Labute approximate surface area is 149 Å². The Bertz CT molecular complexity index is 629. The molecule has 0 bridgehead atoms. The van der Waals surface area contributed by atoms with Crippen molar-refractivity contribution < 1.29 is 19.1 Å². The Morgan fingerprint density at radius 1 is 1.38 bits per heavy atom. The Morgan fingerprint density at radius 3 is 2.83 bits per heavy atom. The summed E-state index contributed by atoms with van der Waals surface area (Å²) in [5, 5.41) is 0. The topological polar surface area (TPSA) is 59.1 Å². The first-order valence-corrected chi connectivity index (χ1v) is 9.00. The molecule has 6 nitrogen and oxygen atoms in total. The minimum Gasteiger partial charge on any atom is -0.483 e. The molecule has 0 saturated carbocycles. The van der Waals surface area contributed by atoms with Crippen molar-refractivity contribution >= 4 is 27.9 Å². The van der Waals surface area contributed by atoms with Crippen LogP contribution in [0.3, 0.4) is 0 Å². The van der Waals surface area contributed by atoms with E-state index in [0.717, 1.165) is 28.6 Å². The Hall–Kier alpha value is -1.76. The van der Waals surface area contributed by atoms with Crippen LogP contribution < -0.4 is 4.74 Å². The molecule has 1 aromatic rings. The van der Waals surface area contributed by atoms with Crippen molar-refractivity contribution in [3.05, 3.63) is 28.2 Å². The zero-order valence-electron chi connectivity index (χ0n) is 13.7. The van der Waals surface area contributed by atoms with Gasteiger partial charge < -0.3 is 19.3 Å². The summed E-state index contributed by atoms with van der Waals surface area (Å²) in [5.41, 5.74) is 1.00. The lowest BCUT2D eigenvalue weighted by atomic mass is 10.0. The van der Waals surface area contributed by atoms with Gasteiger partial charge in [-0.05, 0) is 38.0 Å². The first kappa shape index (κ1) is 17.1. The summed E-state index contributed by atoms with van der Waals surface area (Å²) in [6.45, 7) is 4.01. The summed E-state index contributed by atoms with van der Waals surface area (Å²) in [5.74, 6) is 0.759. The van der Waals surface area contributed by atoms with Gasteiger partial charge in [0.1, 0.15) is 5.75 Å². The number of amides is 2. The molecule has 0 N–H and O–H groups in total. The number of carbonyl (C=O) groups is 2. The van der Waals surface area contributed by atoms with Gasteiger partial charge in [-0.25, -0.2) is 4.79 Å². The molecule has 0 atom stereocenters. The maximum atomic E-state index is 12.5. The van der Waals surface area contributed by atoms with E-state index in [9.17, 15) is 9.59 Å². The predicted molar refractivity (Wildman–Crippen MR) is 91.8 cm³/mol. The zero-order valence-corrected chi connectivity index (χ0v) is 15.3. The molecular weight excluding hydrogens is 376 g/mol. The lowest BCUT2D eigenvalue weighted by Gasteiger charge is -2.37. The average Bonchev–Trinajstić information content (AvgIpc) is 2.74. The van der Waals surface area contributed by atoms with Gasteiger partial charge in [-0.3, -0.25) is 4.79 Å². The van der Waals surface area contributed by atoms with E-state index in [1.807, 2.05) is 23.1 Å². The van der Waals surface area contributed by atoms with Gasteiger partial charge in [-0.1, -0.05) is 15.9 Å². The second-order valence-corrected chi connectivity index (χ2v) is 6.90. The fourth-order valence-electron chi connectivity index (χ4n) is 3.21. The highest BCUT2D eigenvalue weighted by molar-refractivity contribution is 9.10. The second kappa shape index (κ2) is 7.42. The van der Waals surface area contributed by atoms with Crippen LogP contribution in [0.15, 0.2) is 22.7 Å². The molecule has 1 fully saturated rings. The molecule has 1 saturated heterocycles. The zero-order chi connectivity index (χ0) is 17.1. The Kier molecular flexibility index (Phi) is 5.28. The van der Waals surface area contributed by atoms with Crippen molar-refractivity contribution in [1.82, 2.24) is 9.80 Å². The minimum absolute atomic E-state index is 0.00286. The van der Waals surface area contributed by atoms with E-state index in [1.165, 1.54) is 0 Å². The maximum absolute atomic E-state index is 12.5. The van der Waals surface area contributed by atoms with Crippen LogP contribution in [-0.4, -0.2) is 54.1 Å². The normalized spacial score (nSPS) is 18.7. The van der Waals surface area contributed by atoms with Gasteiger partial charge in [0.05, 0.1) is 6.61 Å². The number of likely N-dealkylation sites (tertiary alicyclic amines) is 1. The molecule has 0 aliphatic carbocycles. The SMILES string of the molecule is CCOC(=O)N1CCC(N2Cc3cc(Br)ccc3OCC2=O)CC1. The van der Waals surface area contributed by atoms with Gasteiger partial charge in [0.25, 0.3) is 5.91 Å². The molecule has 0 unspecified atom stereocenters. The summed E-state index contributed by atoms with van der Waals surface area (Å²) in [6, 6.07) is 5.92. The molecule has 24 heavy (non-hydrogen) atoms. The fraction of sp³-hybridized carbons (Fsp3) is 0.529. The Morgan fingerprint density at radius 2 is 2.12 bits per heavy atom. The van der Waals surface area contributed by atoms with E-state index in [1.54, 1.807) is 11.8 Å². The molecule has 3 rings (SSSR count). The number of hydrogen-bond donors (Lipinski definition) is 0. The van der Waals surface area contributed by atoms with Gasteiger partial charge in [-0.2, -0.15) is 0 Å². The highest BCUT2D eigenvalue weighted by atomic mass is 79.9. The number of rotatable bonds is 2. The van der Waals surface area contributed by atoms with E-state index < -0.39 is 0 Å². The predicted octanol–water partition coefficient (Wildman–Crippen LogP) is 2.79. The van der Waals surface area contributed by atoms with E-state index in [2.05, 4.69) is 15.9 Å². The van der Waals surface area contributed by atoms with Crippen molar-refractivity contribution in [3.63, 3.8) is 0 Å². The van der Waals surface area contributed by atoms with Gasteiger partial charge >= 0.3 is 6.09 Å². The quantitative estimate of drug-likeness (QED) is 0.770. The van der Waals surface area contributed by atoms with Crippen LogP contribution in [0.1, 0.15) is 25.3 Å². The summed E-state index contributed by atoms with van der Waals surface area (Å²) in [7, 11) is 0. The molecule has 2 heterocycles. The third-order valence-electron chi connectivity index (χ3n) is 4.47. The van der Waals surface area contributed by atoms with Gasteiger partial charge in [0.2, 0.25) is 0 Å². The second-order valence-electron chi connectivity index (χ2n) is 5.98. The number of ether oxygens (including phenoxy) is 2. The van der Waals surface area contributed by atoms with E-state index in [4.69, 9.17) is 9.47 Å². The van der Waals surface area contributed by atoms with Crippen molar-refractivity contribution in [2.75, 3.05) is 26.3 Å². The summed E-state index contributed by atoms with van der Waals surface area (Å²) < 4.78 is 11.6. The first-order chi connectivity index (χ1) is 11.6. The van der Waals surface area contributed by atoms with Crippen LogP contribution in [0.25, 0.3) is 0 Å². The van der Waals surface area contributed by atoms with E-state index >= 15 is 0 Å². The monoisotopic (exact) mass is 396 g/mol. The van der Waals surface area contributed by atoms with Crippen LogP contribution in [-0.2, 0) is 16.1 Å². The maximum Gasteiger partial charge on any atom is 0.409 e. The van der Waals surface area contributed by atoms with Crippen molar-refractivity contribution in [3.8, 4) is 5.75 Å². The van der Waals surface area contributed by atoms with Crippen LogP contribution >= 0.6 is 15.9 Å². The fourth-order valence-corrected chi connectivity index (χ4v) is 3.62. The van der Waals surface area contributed by atoms with Crippen LogP contribution in [0.2, 0.25) is 0 Å². The Balaban J connectivity index is 1.68. The number of halogens is 1. The molecule has 1 aromatic carbocycles. The first-order valence-electron chi connectivity index (χ1n) is 8.21. The standard InChI is InChI=1S/C17H21BrN2O4/c1-2-23-17(22)19-7-5-14(6-8-19)20-10-12-9-13(18)3-4-15(12)24-11-16(20)21/h3-4,9,14H,2,5-8,10-11H2,1H3. The van der Waals surface area contributed by atoms with Crippen molar-refractivity contribution in [2.45, 2.75) is 32.4 Å². The average molecular weight is 397 g/mol. The van der Waals surface area contributed by atoms with Crippen molar-refractivity contribution in [1.29, 1.82) is 0 Å². The number of fused-ring (bicyclic) bond motifs is 1. The van der Waals surface area contributed by atoms with Gasteiger partial charge in [-0.15, -0.1) is 0 Å². The van der Waals surface area contributed by atoms with Crippen LogP contribution in [0.5, 0.6) is 5.75 Å². The smallest absolute Gasteiger partial charge is 0.409 e. The highest BCUT2D eigenvalue weighted by Gasteiger charge is 2.32. The summed E-state index contributed by atoms with van der Waals surface area (Å²) >= 11 is 3.47. The highest BCUT2D eigenvalue weighted by Crippen LogP contribution is 2.29. The van der Waals surface area contributed by atoms with E-state index in [0.29, 0.717) is 26.2 Å². The van der Waals surface area contributed by atoms with Crippen LogP contribution in [0, 0.1) is 0 Å². The van der Waals surface area contributed by atoms with Gasteiger partial charge in [0, 0.05) is 35.7 Å². The van der Waals surface area contributed by atoms with Crippen molar-refractivity contribution in [2.24, 2.45) is 0 Å². The molecule has 2 aliphatic rings. The molecule has 7 heteroatoms.